The highest BCUT2D eigenvalue weighted by atomic mass is 79.9. The summed E-state index contributed by atoms with van der Waals surface area (Å²) in [4.78, 5) is 11.3. The summed E-state index contributed by atoms with van der Waals surface area (Å²) in [6.07, 6.45) is 0.919. The molecule has 2 N–H and O–H groups in total. The molecule has 5 heteroatoms. The first-order valence-electron chi connectivity index (χ1n) is 5.54. The topological polar surface area (TPSA) is 41.1 Å². The largest absolute Gasteiger partial charge is 0.355 e. The van der Waals surface area contributed by atoms with Crippen LogP contribution in [0.5, 0.6) is 0 Å². The van der Waals surface area contributed by atoms with Crippen molar-refractivity contribution >= 4 is 21.8 Å². The average molecular weight is 303 g/mol. The van der Waals surface area contributed by atoms with Gasteiger partial charge in [-0.05, 0) is 30.2 Å². The van der Waals surface area contributed by atoms with Crippen LogP contribution < -0.4 is 10.6 Å². The molecule has 1 aromatic rings. The van der Waals surface area contributed by atoms with E-state index < -0.39 is 0 Å². The van der Waals surface area contributed by atoms with Crippen molar-refractivity contribution in [3.8, 4) is 0 Å². The third-order valence-corrected chi connectivity index (χ3v) is 2.57. The van der Waals surface area contributed by atoms with Gasteiger partial charge in [0.2, 0.25) is 5.91 Å². The van der Waals surface area contributed by atoms with E-state index in [0.29, 0.717) is 17.6 Å². The summed E-state index contributed by atoms with van der Waals surface area (Å²) >= 11 is 3.22. The summed E-state index contributed by atoms with van der Waals surface area (Å²) < 4.78 is 13.7. The average Bonchev–Trinajstić information content (AvgIpc) is 2.25. The molecular weight excluding hydrogens is 287 g/mol. The Morgan fingerprint density at radius 2 is 2.18 bits per heavy atom. The van der Waals surface area contributed by atoms with Crippen molar-refractivity contribution < 1.29 is 9.18 Å². The number of amides is 1. The van der Waals surface area contributed by atoms with Gasteiger partial charge in [0.1, 0.15) is 5.82 Å². The second-order valence-electron chi connectivity index (χ2n) is 3.73. The number of halogens is 2. The molecule has 0 bridgehead atoms. The molecule has 3 nitrogen and oxygen atoms in total. The molecule has 0 radical (unpaired) electrons. The molecule has 17 heavy (non-hydrogen) atoms. The van der Waals surface area contributed by atoms with Crippen molar-refractivity contribution in [1.29, 1.82) is 0 Å². The first kappa shape index (κ1) is 14.1. The van der Waals surface area contributed by atoms with Gasteiger partial charge in [-0.15, -0.1) is 0 Å². The normalized spacial score (nSPS) is 10.3. The molecule has 0 heterocycles. The minimum atomic E-state index is -0.286. The fourth-order valence-corrected chi connectivity index (χ4v) is 1.87. The smallest absolute Gasteiger partial charge is 0.233 e. The summed E-state index contributed by atoms with van der Waals surface area (Å²) in [6.45, 7) is 3.40. The first-order chi connectivity index (χ1) is 8.11. The van der Waals surface area contributed by atoms with Gasteiger partial charge in [0.25, 0.3) is 0 Å². The van der Waals surface area contributed by atoms with E-state index in [9.17, 15) is 9.18 Å². The van der Waals surface area contributed by atoms with Gasteiger partial charge in [0.05, 0.1) is 6.54 Å². The molecule has 0 aliphatic heterocycles. The molecule has 1 rings (SSSR count). The molecule has 0 unspecified atom stereocenters. The van der Waals surface area contributed by atoms with Crippen LogP contribution in [0.25, 0.3) is 0 Å². The van der Waals surface area contributed by atoms with Crippen LogP contribution in [-0.2, 0) is 11.3 Å². The van der Waals surface area contributed by atoms with Crippen LogP contribution in [-0.4, -0.2) is 19.0 Å². The van der Waals surface area contributed by atoms with E-state index in [-0.39, 0.29) is 18.3 Å². The van der Waals surface area contributed by atoms with Crippen LogP contribution in [0.15, 0.2) is 22.7 Å². The Hall–Kier alpha value is -0.940. The van der Waals surface area contributed by atoms with E-state index in [4.69, 9.17) is 0 Å². The fourth-order valence-electron chi connectivity index (χ4n) is 1.36. The molecule has 0 saturated carbocycles. The van der Waals surface area contributed by atoms with E-state index in [1.54, 1.807) is 0 Å². The number of nitrogens with one attached hydrogen (secondary N) is 2. The van der Waals surface area contributed by atoms with Crippen molar-refractivity contribution in [2.75, 3.05) is 13.1 Å². The van der Waals surface area contributed by atoms with E-state index >= 15 is 0 Å². The summed E-state index contributed by atoms with van der Waals surface area (Å²) in [6, 6.07) is 4.67. The third-order valence-electron chi connectivity index (χ3n) is 2.11. The number of hydrogen-bond donors (Lipinski definition) is 2. The summed E-state index contributed by atoms with van der Waals surface area (Å²) in [5.41, 5.74) is 0.806. The van der Waals surface area contributed by atoms with Crippen molar-refractivity contribution in [3.05, 3.63) is 34.1 Å². The fraction of sp³-hybridized carbons (Fsp3) is 0.417. The Balaban J connectivity index is 2.33. The monoisotopic (exact) mass is 302 g/mol. The summed E-state index contributed by atoms with van der Waals surface area (Å²) in [7, 11) is 0. The number of hydrogen-bond acceptors (Lipinski definition) is 2. The number of carbonyl (C=O) groups excluding carboxylic acids is 1. The first-order valence-corrected chi connectivity index (χ1v) is 6.33. The van der Waals surface area contributed by atoms with E-state index in [0.717, 1.165) is 12.0 Å². The Morgan fingerprint density at radius 3 is 2.82 bits per heavy atom. The van der Waals surface area contributed by atoms with E-state index in [1.165, 1.54) is 12.1 Å². The lowest BCUT2D eigenvalue weighted by Gasteiger charge is -2.06. The molecule has 0 fully saturated rings. The zero-order chi connectivity index (χ0) is 12.7. The Kier molecular flexibility index (Phi) is 6.15. The molecule has 94 valence electrons. The van der Waals surface area contributed by atoms with Crippen molar-refractivity contribution in [2.24, 2.45) is 0 Å². The minimum absolute atomic E-state index is 0.0395. The lowest BCUT2D eigenvalue weighted by molar-refractivity contribution is -0.120. The highest BCUT2D eigenvalue weighted by molar-refractivity contribution is 9.10. The van der Waals surface area contributed by atoms with Gasteiger partial charge in [-0.25, -0.2) is 4.39 Å². The molecule has 0 atom stereocenters. The molecule has 1 aromatic carbocycles. The second kappa shape index (κ2) is 7.40. The molecule has 0 spiro atoms. The van der Waals surface area contributed by atoms with Crippen LogP contribution in [0, 0.1) is 5.82 Å². The van der Waals surface area contributed by atoms with Crippen molar-refractivity contribution in [2.45, 2.75) is 19.9 Å². The van der Waals surface area contributed by atoms with Gasteiger partial charge in [0, 0.05) is 17.6 Å². The highest BCUT2D eigenvalue weighted by Crippen LogP contribution is 2.14. The van der Waals surface area contributed by atoms with Crippen LogP contribution in [0.1, 0.15) is 18.9 Å². The number of rotatable bonds is 6. The van der Waals surface area contributed by atoms with Crippen LogP contribution in [0.2, 0.25) is 0 Å². The lowest BCUT2D eigenvalue weighted by atomic mass is 10.2. The van der Waals surface area contributed by atoms with Gasteiger partial charge in [-0.3, -0.25) is 4.79 Å². The Labute approximate surface area is 109 Å². The Morgan fingerprint density at radius 1 is 1.41 bits per heavy atom. The predicted molar refractivity (Wildman–Crippen MR) is 69.1 cm³/mol. The van der Waals surface area contributed by atoms with Crippen molar-refractivity contribution in [3.63, 3.8) is 0 Å². The second-order valence-corrected chi connectivity index (χ2v) is 4.65. The SMILES string of the molecule is CCCNC(=O)CNCc1cc(F)cc(Br)c1. The molecule has 0 aromatic heterocycles. The predicted octanol–water partition coefficient (Wildman–Crippen LogP) is 2.20. The van der Waals surface area contributed by atoms with Gasteiger partial charge >= 0.3 is 0 Å². The van der Waals surface area contributed by atoms with Gasteiger partial charge in [0.15, 0.2) is 0 Å². The molecule has 0 saturated heterocycles. The lowest BCUT2D eigenvalue weighted by Crippen LogP contribution is -2.33. The quantitative estimate of drug-likeness (QED) is 0.846. The molecular formula is C12H16BrFN2O. The maximum Gasteiger partial charge on any atom is 0.233 e. The zero-order valence-corrected chi connectivity index (χ0v) is 11.3. The summed E-state index contributed by atoms with van der Waals surface area (Å²) in [5.74, 6) is -0.325. The minimum Gasteiger partial charge on any atom is -0.355 e. The zero-order valence-electron chi connectivity index (χ0n) is 9.72. The standard InChI is InChI=1S/C12H16BrFN2O/c1-2-3-16-12(17)8-15-7-9-4-10(13)6-11(14)5-9/h4-6,15H,2-3,7-8H2,1H3,(H,16,17). The van der Waals surface area contributed by atoms with Crippen LogP contribution in [0.4, 0.5) is 4.39 Å². The van der Waals surface area contributed by atoms with Crippen LogP contribution in [0.3, 0.4) is 0 Å². The van der Waals surface area contributed by atoms with Gasteiger partial charge in [-0.2, -0.15) is 0 Å². The molecule has 0 aliphatic carbocycles. The Bertz CT molecular complexity index is 365. The van der Waals surface area contributed by atoms with E-state index in [1.807, 2.05) is 13.0 Å². The molecule has 1 amide bonds. The third kappa shape index (κ3) is 5.79. The van der Waals surface area contributed by atoms with Gasteiger partial charge < -0.3 is 10.6 Å². The van der Waals surface area contributed by atoms with Crippen molar-refractivity contribution in [1.82, 2.24) is 10.6 Å². The molecule has 0 aliphatic rings. The maximum absolute atomic E-state index is 13.0. The maximum atomic E-state index is 13.0. The number of benzene rings is 1. The number of carbonyl (C=O) groups is 1. The van der Waals surface area contributed by atoms with Crippen LogP contribution >= 0.6 is 15.9 Å². The van der Waals surface area contributed by atoms with E-state index in [2.05, 4.69) is 26.6 Å². The van der Waals surface area contributed by atoms with Gasteiger partial charge in [-0.1, -0.05) is 22.9 Å². The summed E-state index contributed by atoms with van der Waals surface area (Å²) in [5, 5.41) is 5.72. The highest BCUT2D eigenvalue weighted by Gasteiger charge is 2.01.